The van der Waals surface area contributed by atoms with Crippen molar-refractivity contribution >= 4 is 17.8 Å². The molecule has 1 aromatic heterocycles. The van der Waals surface area contributed by atoms with E-state index < -0.39 is 11.9 Å². The van der Waals surface area contributed by atoms with Crippen molar-refractivity contribution < 1.29 is 29.0 Å². The molecule has 0 aliphatic heterocycles. The van der Waals surface area contributed by atoms with Crippen molar-refractivity contribution in [3.8, 4) is 5.75 Å². The molecule has 9 nitrogen and oxygen atoms in total. The molecular formula is C23H29N3O6. The van der Waals surface area contributed by atoms with E-state index in [1.165, 1.54) is 18.0 Å². The SMILES string of the molecule is COC(=O)c1ccc(OC)c(CN(C(=O)c2cnn(CCC(=O)O)c2)C2CCCCC2)c1. The van der Waals surface area contributed by atoms with Crippen LogP contribution in [0.5, 0.6) is 5.75 Å². The number of ether oxygens (including phenoxy) is 2. The number of rotatable bonds is 9. The number of methoxy groups -OCH3 is 2. The van der Waals surface area contributed by atoms with Crippen molar-refractivity contribution in [1.29, 1.82) is 0 Å². The number of aliphatic carboxylic acids is 1. The molecule has 0 unspecified atom stereocenters. The molecule has 0 radical (unpaired) electrons. The molecule has 32 heavy (non-hydrogen) atoms. The number of hydrogen-bond acceptors (Lipinski definition) is 6. The zero-order valence-electron chi connectivity index (χ0n) is 18.5. The van der Waals surface area contributed by atoms with E-state index in [4.69, 9.17) is 14.6 Å². The molecule has 1 aliphatic rings. The highest BCUT2D eigenvalue weighted by Gasteiger charge is 2.28. The first-order valence-corrected chi connectivity index (χ1v) is 10.7. The van der Waals surface area contributed by atoms with Crippen LogP contribution < -0.4 is 4.74 Å². The average molecular weight is 444 g/mol. The van der Waals surface area contributed by atoms with Gasteiger partial charge in [0.25, 0.3) is 5.91 Å². The molecule has 172 valence electrons. The van der Waals surface area contributed by atoms with Crippen LogP contribution in [0.15, 0.2) is 30.6 Å². The van der Waals surface area contributed by atoms with Crippen LogP contribution in [-0.4, -0.2) is 57.9 Å². The summed E-state index contributed by atoms with van der Waals surface area (Å²) in [5.74, 6) is -0.966. The lowest BCUT2D eigenvalue weighted by Crippen LogP contribution is -2.41. The van der Waals surface area contributed by atoms with Crippen LogP contribution in [0, 0.1) is 0 Å². The number of aryl methyl sites for hydroxylation is 1. The van der Waals surface area contributed by atoms with Gasteiger partial charge in [0.15, 0.2) is 0 Å². The molecule has 1 aromatic carbocycles. The number of aromatic nitrogens is 2. The van der Waals surface area contributed by atoms with Gasteiger partial charge in [-0.1, -0.05) is 19.3 Å². The van der Waals surface area contributed by atoms with Crippen LogP contribution >= 0.6 is 0 Å². The summed E-state index contributed by atoms with van der Waals surface area (Å²) in [6.45, 7) is 0.471. The van der Waals surface area contributed by atoms with E-state index in [2.05, 4.69) is 5.10 Å². The highest BCUT2D eigenvalue weighted by Crippen LogP contribution is 2.29. The molecule has 9 heteroatoms. The van der Waals surface area contributed by atoms with E-state index in [0.29, 0.717) is 22.4 Å². The van der Waals surface area contributed by atoms with Gasteiger partial charge in [-0.05, 0) is 31.0 Å². The lowest BCUT2D eigenvalue weighted by molar-refractivity contribution is -0.137. The number of benzene rings is 1. The van der Waals surface area contributed by atoms with E-state index in [-0.39, 0.29) is 31.5 Å². The number of carboxylic acids is 1. The fourth-order valence-corrected chi connectivity index (χ4v) is 4.06. The third-order valence-corrected chi connectivity index (χ3v) is 5.75. The van der Waals surface area contributed by atoms with Gasteiger partial charge in [0, 0.05) is 24.3 Å². The summed E-state index contributed by atoms with van der Waals surface area (Å²) in [6, 6.07) is 5.09. The standard InChI is InChI=1S/C23H29N3O6/c1-31-20-9-8-16(23(30)32-2)12-17(20)15-26(19-6-4-3-5-7-19)22(29)18-13-24-25(14-18)11-10-21(27)28/h8-9,12-14,19H,3-7,10-11,15H2,1-2H3,(H,27,28). The van der Waals surface area contributed by atoms with Crippen LogP contribution in [0.4, 0.5) is 0 Å². The van der Waals surface area contributed by atoms with Gasteiger partial charge in [0.1, 0.15) is 5.75 Å². The van der Waals surface area contributed by atoms with Gasteiger partial charge in [-0.25, -0.2) is 4.79 Å². The second kappa shape index (κ2) is 10.8. The number of esters is 1. The Kier molecular flexibility index (Phi) is 7.86. The van der Waals surface area contributed by atoms with Crippen molar-refractivity contribution in [3.05, 3.63) is 47.3 Å². The number of carbonyl (C=O) groups excluding carboxylic acids is 2. The highest BCUT2D eigenvalue weighted by molar-refractivity contribution is 5.94. The molecule has 1 fully saturated rings. The number of carboxylic acid groups (broad SMARTS) is 1. The zero-order valence-corrected chi connectivity index (χ0v) is 18.5. The largest absolute Gasteiger partial charge is 0.496 e. The summed E-state index contributed by atoms with van der Waals surface area (Å²) < 4.78 is 11.8. The van der Waals surface area contributed by atoms with Crippen molar-refractivity contribution in [2.75, 3.05) is 14.2 Å². The van der Waals surface area contributed by atoms with Crippen molar-refractivity contribution in [2.24, 2.45) is 0 Å². The minimum atomic E-state index is -0.921. The number of hydrogen-bond donors (Lipinski definition) is 1. The summed E-state index contributed by atoms with van der Waals surface area (Å²) >= 11 is 0. The molecule has 1 heterocycles. The van der Waals surface area contributed by atoms with Crippen LogP contribution in [-0.2, 0) is 22.6 Å². The van der Waals surface area contributed by atoms with Crippen LogP contribution in [0.2, 0.25) is 0 Å². The second-order valence-corrected chi connectivity index (χ2v) is 7.88. The summed E-state index contributed by atoms with van der Waals surface area (Å²) in [7, 11) is 2.88. The lowest BCUT2D eigenvalue weighted by atomic mass is 9.93. The predicted octanol–water partition coefficient (Wildman–Crippen LogP) is 3.13. The maximum absolute atomic E-state index is 13.5. The van der Waals surface area contributed by atoms with E-state index >= 15 is 0 Å². The second-order valence-electron chi connectivity index (χ2n) is 7.88. The number of amides is 1. The highest BCUT2D eigenvalue weighted by atomic mass is 16.5. The van der Waals surface area contributed by atoms with Gasteiger partial charge in [-0.2, -0.15) is 5.10 Å². The monoisotopic (exact) mass is 443 g/mol. The van der Waals surface area contributed by atoms with Gasteiger partial charge >= 0.3 is 11.9 Å². The van der Waals surface area contributed by atoms with Crippen LogP contribution in [0.3, 0.4) is 0 Å². The Bertz CT molecular complexity index is 964. The Balaban J connectivity index is 1.89. The Labute approximate surface area is 186 Å². The molecular weight excluding hydrogens is 414 g/mol. The third kappa shape index (κ3) is 5.66. The summed E-state index contributed by atoms with van der Waals surface area (Å²) in [5.41, 5.74) is 1.51. The van der Waals surface area contributed by atoms with Crippen molar-refractivity contribution in [3.63, 3.8) is 0 Å². The molecule has 1 saturated carbocycles. The zero-order chi connectivity index (χ0) is 23.1. The first-order chi connectivity index (χ1) is 15.4. The minimum absolute atomic E-state index is 0.0603. The van der Waals surface area contributed by atoms with E-state index in [9.17, 15) is 14.4 Å². The first kappa shape index (κ1) is 23.3. The van der Waals surface area contributed by atoms with Gasteiger partial charge in [-0.3, -0.25) is 14.3 Å². The summed E-state index contributed by atoms with van der Waals surface area (Å²) in [4.78, 5) is 38.2. The Hall–Kier alpha value is -3.36. The first-order valence-electron chi connectivity index (χ1n) is 10.7. The molecule has 0 atom stereocenters. The average Bonchev–Trinajstić information content (AvgIpc) is 3.30. The van der Waals surface area contributed by atoms with Crippen molar-refractivity contribution in [1.82, 2.24) is 14.7 Å². The molecule has 0 spiro atoms. The molecule has 1 aliphatic carbocycles. The molecule has 1 N–H and O–H groups in total. The fraction of sp³-hybridized carbons (Fsp3) is 0.478. The maximum Gasteiger partial charge on any atom is 0.337 e. The Morgan fingerprint density at radius 2 is 1.91 bits per heavy atom. The molecule has 0 bridgehead atoms. The molecule has 1 amide bonds. The quantitative estimate of drug-likeness (QED) is 0.593. The van der Waals surface area contributed by atoms with Gasteiger partial charge < -0.3 is 19.5 Å². The summed E-state index contributed by atoms with van der Waals surface area (Å²) in [5, 5.41) is 13.0. The normalized spacial score (nSPS) is 14.1. The van der Waals surface area contributed by atoms with Crippen LogP contribution in [0.1, 0.15) is 64.8 Å². The topological polar surface area (TPSA) is 111 Å². The Morgan fingerprint density at radius 3 is 2.56 bits per heavy atom. The van der Waals surface area contributed by atoms with Gasteiger partial charge in [-0.15, -0.1) is 0 Å². The molecule has 0 saturated heterocycles. The lowest BCUT2D eigenvalue weighted by Gasteiger charge is -2.34. The third-order valence-electron chi connectivity index (χ3n) is 5.75. The number of nitrogens with zero attached hydrogens (tertiary/aromatic N) is 3. The summed E-state index contributed by atoms with van der Waals surface area (Å²) in [6.07, 6.45) is 8.03. The van der Waals surface area contributed by atoms with Gasteiger partial charge in [0.05, 0.1) is 44.5 Å². The maximum atomic E-state index is 13.5. The van der Waals surface area contributed by atoms with E-state index in [1.807, 2.05) is 4.90 Å². The molecule has 2 aromatic rings. The smallest absolute Gasteiger partial charge is 0.337 e. The predicted molar refractivity (Wildman–Crippen MR) is 116 cm³/mol. The number of carbonyl (C=O) groups is 3. The fourth-order valence-electron chi connectivity index (χ4n) is 4.06. The van der Waals surface area contributed by atoms with E-state index in [0.717, 1.165) is 32.1 Å². The molecule has 3 rings (SSSR count). The Morgan fingerprint density at radius 1 is 1.16 bits per heavy atom. The van der Waals surface area contributed by atoms with Crippen molar-refractivity contribution in [2.45, 2.75) is 57.7 Å². The van der Waals surface area contributed by atoms with Gasteiger partial charge in [0.2, 0.25) is 0 Å². The van der Waals surface area contributed by atoms with Crippen LogP contribution in [0.25, 0.3) is 0 Å². The minimum Gasteiger partial charge on any atom is -0.496 e. The van der Waals surface area contributed by atoms with E-state index in [1.54, 1.807) is 31.5 Å².